The number of pyridine rings is 1. The number of rotatable bonds is 8. The number of hydrogen-bond acceptors (Lipinski definition) is 2. The molecular weight excluding hydrogens is 435 g/mol. The van der Waals surface area contributed by atoms with Gasteiger partial charge in [0.1, 0.15) is 5.69 Å². The molecule has 3 aromatic carbocycles. The minimum Gasteiger partial charge on any atom is -0.337 e. The van der Waals surface area contributed by atoms with Crippen molar-refractivity contribution in [3.8, 4) is 11.3 Å². The Kier molecular flexibility index (Phi) is 7.87. The van der Waals surface area contributed by atoms with Crippen molar-refractivity contribution in [3.63, 3.8) is 0 Å². The molecule has 0 radical (unpaired) electrons. The summed E-state index contributed by atoms with van der Waals surface area (Å²) in [5.41, 5.74) is 2.31. The maximum absolute atomic E-state index is 13.6. The number of carbonyl (C=O) groups excluding carboxylic acids is 1. The van der Waals surface area contributed by atoms with E-state index in [9.17, 15) is 4.79 Å². The number of benzene rings is 3. The fraction of sp³-hybridized carbons (Fsp3) is 0.200. The second-order valence-electron chi connectivity index (χ2n) is 8.78. The molecule has 0 unspecified atom stereocenters. The third kappa shape index (κ3) is 5.61. The lowest BCUT2D eigenvalue weighted by Crippen LogP contribution is -2.43. The van der Waals surface area contributed by atoms with Crippen LogP contribution in [0.5, 0.6) is 0 Å². The van der Waals surface area contributed by atoms with Crippen molar-refractivity contribution in [2.24, 2.45) is 5.92 Å². The Hall–Kier alpha value is -3.29. The Morgan fingerprint density at radius 3 is 1.82 bits per heavy atom. The third-order valence-electron chi connectivity index (χ3n) is 6.13. The Morgan fingerprint density at radius 1 is 0.765 bits per heavy atom. The first-order valence-corrected chi connectivity index (χ1v) is 13.2. The Balaban J connectivity index is 1.62. The highest BCUT2D eigenvalue weighted by Gasteiger charge is 2.29. The second kappa shape index (κ2) is 11.2. The van der Waals surface area contributed by atoms with Gasteiger partial charge >= 0.3 is 0 Å². The summed E-state index contributed by atoms with van der Waals surface area (Å²) in [5.74, 6) is 0.274. The molecule has 0 aliphatic heterocycles. The summed E-state index contributed by atoms with van der Waals surface area (Å²) in [4.78, 5) is 20.2. The van der Waals surface area contributed by atoms with Gasteiger partial charge in [-0.05, 0) is 42.7 Å². The molecule has 3 nitrogen and oxygen atoms in total. The van der Waals surface area contributed by atoms with E-state index >= 15 is 0 Å². The van der Waals surface area contributed by atoms with Crippen LogP contribution in [0.25, 0.3) is 11.3 Å². The summed E-state index contributed by atoms with van der Waals surface area (Å²) in [6.07, 6.45) is 0.904. The molecule has 0 aliphatic rings. The predicted molar refractivity (Wildman–Crippen MR) is 144 cm³/mol. The minimum absolute atomic E-state index is 0.0347. The van der Waals surface area contributed by atoms with Crippen LogP contribution >= 0.6 is 7.92 Å². The molecule has 1 atom stereocenters. The normalized spacial score (nSPS) is 12.0. The number of carbonyl (C=O) groups is 1. The van der Waals surface area contributed by atoms with E-state index in [0.717, 1.165) is 17.4 Å². The van der Waals surface area contributed by atoms with Gasteiger partial charge in [-0.25, -0.2) is 4.98 Å². The largest absolute Gasteiger partial charge is 0.337 e. The fourth-order valence-corrected chi connectivity index (χ4v) is 7.02. The first kappa shape index (κ1) is 23.9. The van der Waals surface area contributed by atoms with E-state index in [1.165, 1.54) is 10.6 Å². The molecule has 0 aliphatic carbocycles. The standard InChI is InChI=1S/C30H31N2OP/c1-23(2)29(22-34(25-16-9-5-10-17-25)26-18-11-6-12-19-26)32(3)30(33)28-21-13-20-27(31-28)24-14-7-4-8-15-24/h4-21,23,29H,22H2,1-3H3/t29-/m1/s1. The molecule has 0 fully saturated rings. The van der Waals surface area contributed by atoms with E-state index in [1.54, 1.807) is 0 Å². The highest BCUT2D eigenvalue weighted by molar-refractivity contribution is 7.73. The maximum atomic E-state index is 13.6. The van der Waals surface area contributed by atoms with Crippen molar-refractivity contribution in [1.29, 1.82) is 0 Å². The fourth-order valence-electron chi connectivity index (χ4n) is 4.20. The van der Waals surface area contributed by atoms with Crippen molar-refractivity contribution >= 4 is 24.4 Å². The average molecular weight is 467 g/mol. The zero-order valence-corrected chi connectivity index (χ0v) is 20.9. The van der Waals surface area contributed by atoms with Crippen LogP contribution in [-0.4, -0.2) is 35.0 Å². The van der Waals surface area contributed by atoms with Gasteiger partial charge in [0.2, 0.25) is 0 Å². The molecule has 1 aromatic heterocycles. The van der Waals surface area contributed by atoms with Crippen LogP contribution in [-0.2, 0) is 0 Å². The molecule has 172 valence electrons. The van der Waals surface area contributed by atoms with Gasteiger partial charge < -0.3 is 4.90 Å². The summed E-state index contributed by atoms with van der Waals surface area (Å²) < 4.78 is 0. The SMILES string of the molecule is CC(C)[C@@H](CP(c1ccccc1)c1ccccc1)N(C)C(=O)c1cccc(-c2ccccc2)n1. The summed E-state index contributed by atoms with van der Waals surface area (Å²) in [6, 6.07) is 37.1. The van der Waals surface area contributed by atoms with Crippen molar-refractivity contribution in [3.05, 3.63) is 115 Å². The van der Waals surface area contributed by atoms with E-state index in [0.29, 0.717) is 11.6 Å². The molecule has 0 N–H and O–H groups in total. The van der Waals surface area contributed by atoms with Crippen LogP contribution in [0.2, 0.25) is 0 Å². The van der Waals surface area contributed by atoms with E-state index < -0.39 is 7.92 Å². The van der Waals surface area contributed by atoms with Gasteiger partial charge in [0.15, 0.2) is 0 Å². The van der Waals surface area contributed by atoms with Gasteiger partial charge in [0.25, 0.3) is 5.91 Å². The number of nitrogens with zero attached hydrogens (tertiary/aromatic N) is 2. The van der Waals surface area contributed by atoms with Crippen molar-refractivity contribution in [2.45, 2.75) is 19.9 Å². The van der Waals surface area contributed by atoms with Crippen LogP contribution in [0.15, 0.2) is 109 Å². The van der Waals surface area contributed by atoms with Crippen molar-refractivity contribution < 1.29 is 4.79 Å². The molecule has 0 bridgehead atoms. The molecule has 4 aromatic rings. The van der Waals surface area contributed by atoms with Crippen LogP contribution in [0.3, 0.4) is 0 Å². The summed E-state index contributed by atoms with van der Waals surface area (Å²) in [6.45, 7) is 4.40. The topological polar surface area (TPSA) is 33.2 Å². The lowest BCUT2D eigenvalue weighted by atomic mass is 10.0. The number of aromatic nitrogens is 1. The Bertz CT molecular complexity index is 1160. The van der Waals surface area contributed by atoms with Gasteiger partial charge in [0, 0.05) is 18.7 Å². The van der Waals surface area contributed by atoms with Gasteiger partial charge in [-0.3, -0.25) is 4.79 Å². The first-order chi connectivity index (χ1) is 16.5. The van der Waals surface area contributed by atoms with Crippen LogP contribution in [0, 0.1) is 5.92 Å². The predicted octanol–water partition coefficient (Wildman–Crippen LogP) is 5.98. The smallest absolute Gasteiger partial charge is 0.272 e. The first-order valence-electron chi connectivity index (χ1n) is 11.7. The van der Waals surface area contributed by atoms with Crippen LogP contribution < -0.4 is 10.6 Å². The lowest BCUT2D eigenvalue weighted by molar-refractivity contribution is 0.0705. The Labute approximate surface area is 204 Å². The third-order valence-corrected chi connectivity index (χ3v) is 8.71. The van der Waals surface area contributed by atoms with Crippen LogP contribution in [0.4, 0.5) is 0 Å². The molecule has 1 amide bonds. The summed E-state index contributed by atoms with van der Waals surface area (Å²) in [7, 11) is 1.32. The molecule has 0 spiro atoms. The zero-order chi connectivity index (χ0) is 23.9. The van der Waals surface area contributed by atoms with Gasteiger partial charge in [-0.15, -0.1) is 0 Å². The van der Waals surface area contributed by atoms with E-state index in [1.807, 2.05) is 60.5 Å². The zero-order valence-electron chi connectivity index (χ0n) is 20.0. The highest BCUT2D eigenvalue weighted by Crippen LogP contribution is 2.37. The minimum atomic E-state index is -0.605. The van der Waals surface area contributed by atoms with Crippen molar-refractivity contribution in [2.75, 3.05) is 13.2 Å². The quantitative estimate of drug-likeness (QED) is 0.300. The molecule has 4 rings (SSSR count). The Morgan fingerprint density at radius 2 is 1.29 bits per heavy atom. The summed E-state index contributed by atoms with van der Waals surface area (Å²) >= 11 is 0. The van der Waals surface area contributed by atoms with Crippen molar-refractivity contribution in [1.82, 2.24) is 9.88 Å². The molecule has 1 heterocycles. The second-order valence-corrected chi connectivity index (χ2v) is 11.0. The average Bonchev–Trinajstić information content (AvgIpc) is 2.90. The summed E-state index contributed by atoms with van der Waals surface area (Å²) in [5, 5.41) is 2.67. The molecule has 4 heteroatoms. The molecule has 34 heavy (non-hydrogen) atoms. The maximum Gasteiger partial charge on any atom is 0.272 e. The lowest BCUT2D eigenvalue weighted by Gasteiger charge is -2.34. The monoisotopic (exact) mass is 466 g/mol. The van der Waals surface area contributed by atoms with Gasteiger partial charge in [-0.1, -0.05) is 111 Å². The van der Waals surface area contributed by atoms with Gasteiger partial charge in [-0.2, -0.15) is 0 Å². The van der Waals surface area contributed by atoms with E-state index in [-0.39, 0.29) is 11.9 Å². The number of amides is 1. The van der Waals surface area contributed by atoms with E-state index in [4.69, 9.17) is 4.98 Å². The molecule has 0 saturated carbocycles. The molecular formula is C30H31N2OP. The van der Waals surface area contributed by atoms with E-state index in [2.05, 4.69) is 74.5 Å². The highest BCUT2D eigenvalue weighted by atomic mass is 31.1. The van der Waals surface area contributed by atoms with Gasteiger partial charge in [0.05, 0.1) is 5.69 Å². The number of hydrogen-bond donors (Lipinski definition) is 0. The van der Waals surface area contributed by atoms with Crippen LogP contribution in [0.1, 0.15) is 24.3 Å². The molecule has 0 saturated heterocycles.